The summed E-state index contributed by atoms with van der Waals surface area (Å²) in [5.74, 6) is 1.17. The molecule has 0 aliphatic carbocycles. The summed E-state index contributed by atoms with van der Waals surface area (Å²) in [7, 11) is 0. The fraction of sp³-hybridized carbons (Fsp3) is 0.769. The van der Waals surface area contributed by atoms with Crippen LogP contribution in [0.2, 0.25) is 0 Å². The minimum Gasteiger partial charge on any atom is -0.494 e. The van der Waals surface area contributed by atoms with Crippen molar-refractivity contribution in [2.45, 2.75) is 43.7 Å². The number of aliphatic hydroxyl groups is 4. The van der Waals surface area contributed by atoms with Gasteiger partial charge in [-0.15, -0.1) is 8.78 Å². The van der Waals surface area contributed by atoms with Crippen molar-refractivity contribution in [3.63, 3.8) is 0 Å². The third-order valence-corrected chi connectivity index (χ3v) is 4.81. The molecule has 0 bridgehead atoms. The molecule has 0 fully saturated rings. The van der Waals surface area contributed by atoms with Crippen LogP contribution in [-0.4, -0.2) is 143 Å². The van der Waals surface area contributed by atoms with E-state index in [1.807, 2.05) is 6.92 Å². The molecule has 0 aliphatic rings. The molecular formula is C26H40F6O13. The third kappa shape index (κ3) is 21.4. The standard InChI is InChI=1S/C26H40F6O13/c1-2-42-22-3-5-23(6-4-22)43-16-21(36)14-40-13-19(34)12-38-9-10-39-17-24(27,28)44-26(31,32)45-25(29,30)18-41-15-20(35)11-37-8-7-33/h3-6,19-21,33-36H,2,7-18H2,1H3. The summed E-state index contributed by atoms with van der Waals surface area (Å²) in [6, 6.07) is 6.74. The molecule has 13 nitrogen and oxygen atoms in total. The summed E-state index contributed by atoms with van der Waals surface area (Å²) in [5.41, 5.74) is 0. The van der Waals surface area contributed by atoms with Gasteiger partial charge in [-0.2, -0.15) is 17.6 Å². The zero-order chi connectivity index (χ0) is 33.8. The van der Waals surface area contributed by atoms with Gasteiger partial charge < -0.3 is 53.6 Å². The molecule has 3 unspecified atom stereocenters. The second-order valence-electron chi connectivity index (χ2n) is 9.10. The molecule has 1 aromatic rings. The van der Waals surface area contributed by atoms with E-state index in [0.29, 0.717) is 18.1 Å². The van der Waals surface area contributed by atoms with Crippen molar-refractivity contribution in [1.29, 1.82) is 0 Å². The number of hydrogen-bond donors (Lipinski definition) is 4. The summed E-state index contributed by atoms with van der Waals surface area (Å²) in [6.45, 7) is -4.76. The number of halogens is 6. The van der Waals surface area contributed by atoms with Crippen molar-refractivity contribution in [3.8, 4) is 11.5 Å². The quantitative estimate of drug-likeness (QED) is 0.0574. The molecule has 1 rings (SSSR count). The van der Waals surface area contributed by atoms with Gasteiger partial charge in [-0.1, -0.05) is 0 Å². The Kier molecular flexibility index (Phi) is 19.8. The van der Waals surface area contributed by atoms with E-state index < -0.39 is 69.9 Å². The van der Waals surface area contributed by atoms with Gasteiger partial charge in [0.05, 0.1) is 66.1 Å². The zero-order valence-electron chi connectivity index (χ0n) is 24.5. The molecule has 3 atom stereocenters. The van der Waals surface area contributed by atoms with Crippen molar-refractivity contribution >= 4 is 0 Å². The van der Waals surface area contributed by atoms with Crippen LogP contribution in [0.5, 0.6) is 11.5 Å². The molecule has 0 radical (unpaired) electrons. The second kappa shape index (κ2) is 21.7. The van der Waals surface area contributed by atoms with Crippen LogP contribution in [0.4, 0.5) is 26.3 Å². The third-order valence-electron chi connectivity index (χ3n) is 4.81. The highest BCUT2D eigenvalue weighted by molar-refractivity contribution is 5.31. The van der Waals surface area contributed by atoms with Gasteiger partial charge in [0.15, 0.2) is 0 Å². The van der Waals surface area contributed by atoms with E-state index >= 15 is 0 Å². The number of aliphatic hydroxyl groups excluding tert-OH is 4. The average Bonchev–Trinajstić information content (AvgIpc) is 2.93. The Morgan fingerprint density at radius 3 is 1.53 bits per heavy atom. The summed E-state index contributed by atoms with van der Waals surface area (Å²) < 4.78 is 122. The number of alkyl halides is 6. The molecular weight excluding hydrogens is 634 g/mol. The Morgan fingerprint density at radius 2 is 1.00 bits per heavy atom. The first-order valence-electron chi connectivity index (χ1n) is 13.6. The molecule has 0 heterocycles. The summed E-state index contributed by atoms with van der Waals surface area (Å²) in [5, 5.41) is 37.6. The monoisotopic (exact) mass is 674 g/mol. The predicted octanol–water partition coefficient (Wildman–Crippen LogP) is 1.39. The number of hydrogen-bond acceptors (Lipinski definition) is 13. The fourth-order valence-electron chi connectivity index (χ4n) is 3.03. The smallest absolute Gasteiger partial charge is 0.494 e. The van der Waals surface area contributed by atoms with E-state index in [4.69, 9.17) is 28.8 Å². The first-order valence-corrected chi connectivity index (χ1v) is 13.6. The molecule has 0 spiro atoms. The second-order valence-corrected chi connectivity index (χ2v) is 9.10. The Bertz CT molecular complexity index is 885. The zero-order valence-corrected chi connectivity index (χ0v) is 24.5. The van der Waals surface area contributed by atoms with Crippen molar-refractivity contribution in [1.82, 2.24) is 0 Å². The van der Waals surface area contributed by atoms with Crippen LogP contribution in [0.25, 0.3) is 0 Å². The Labute approximate surface area is 255 Å². The van der Waals surface area contributed by atoms with E-state index in [9.17, 15) is 41.7 Å². The van der Waals surface area contributed by atoms with E-state index in [2.05, 4.69) is 18.9 Å². The molecule has 0 amide bonds. The molecule has 0 aromatic heterocycles. The average molecular weight is 675 g/mol. The van der Waals surface area contributed by atoms with Crippen LogP contribution in [-0.2, 0) is 33.2 Å². The van der Waals surface area contributed by atoms with Gasteiger partial charge in [-0.25, -0.2) is 9.47 Å². The lowest BCUT2D eigenvalue weighted by Gasteiger charge is -2.26. The van der Waals surface area contributed by atoms with Gasteiger partial charge in [-0.3, -0.25) is 0 Å². The lowest BCUT2D eigenvalue weighted by molar-refractivity contribution is -0.518. The van der Waals surface area contributed by atoms with Gasteiger partial charge in [-0.05, 0) is 31.2 Å². The van der Waals surface area contributed by atoms with E-state index in [0.717, 1.165) is 0 Å². The van der Waals surface area contributed by atoms with E-state index in [-0.39, 0.29) is 46.2 Å². The van der Waals surface area contributed by atoms with Crippen LogP contribution in [0.15, 0.2) is 24.3 Å². The Hall–Kier alpha value is -2.04. The van der Waals surface area contributed by atoms with Gasteiger partial charge >= 0.3 is 18.5 Å². The SMILES string of the molecule is CCOc1ccc(OCC(O)COCC(O)COCCOCC(F)(F)OC(F)(F)OC(F)(F)COCC(O)COCCO)cc1. The highest BCUT2D eigenvalue weighted by atomic mass is 19.3. The highest BCUT2D eigenvalue weighted by Gasteiger charge is 2.52. The van der Waals surface area contributed by atoms with Gasteiger partial charge in [0.2, 0.25) is 0 Å². The Balaban J connectivity index is 2.17. The minimum absolute atomic E-state index is 0.0876. The summed E-state index contributed by atoms with van der Waals surface area (Å²) in [4.78, 5) is 0. The lowest BCUT2D eigenvalue weighted by Crippen LogP contribution is -2.44. The van der Waals surface area contributed by atoms with Crippen molar-refractivity contribution in [2.75, 3.05) is 85.9 Å². The maximum Gasteiger partial charge on any atom is 0.495 e. The topological polar surface area (TPSA) is 164 Å². The van der Waals surface area contributed by atoms with Gasteiger partial charge in [0, 0.05) is 0 Å². The van der Waals surface area contributed by atoms with Crippen LogP contribution in [0.3, 0.4) is 0 Å². The number of ether oxygens (including phenoxy) is 9. The van der Waals surface area contributed by atoms with Crippen LogP contribution >= 0.6 is 0 Å². The first-order chi connectivity index (χ1) is 21.2. The molecule has 1 aromatic carbocycles. The number of rotatable bonds is 28. The van der Waals surface area contributed by atoms with Gasteiger partial charge in [0.1, 0.15) is 49.6 Å². The minimum atomic E-state index is -5.46. The normalized spacial score (nSPS) is 14.7. The summed E-state index contributed by atoms with van der Waals surface area (Å²) in [6.07, 6.45) is -18.6. The molecule has 45 heavy (non-hydrogen) atoms. The van der Waals surface area contributed by atoms with Crippen molar-refractivity contribution in [2.24, 2.45) is 0 Å². The lowest BCUT2D eigenvalue weighted by atomic mass is 10.3. The maximum absolute atomic E-state index is 13.7. The van der Waals surface area contributed by atoms with Crippen LogP contribution < -0.4 is 9.47 Å². The molecule has 0 aliphatic heterocycles. The molecule has 0 saturated carbocycles. The largest absolute Gasteiger partial charge is 0.495 e. The first kappa shape index (κ1) is 41.0. The maximum atomic E-state index is 13.7. The van der Waals surface area contributed by atoms with Crippen LogP contribution in [0, 0.1) is 0 Å². The Morgan fingerprint density at radius 1 is 0.578 bits per heavy atom. The van der Waals surface area contributed by atoms with Crippen molar-refractivity contribution in [3.05, 3.63) is 24.3 Å². The molecule has 19 heteroatoms. The van der Waals surface area contributed by atoms with E-state index in [1.165, 1.54) is 0 Å². The van der Waals surface area contributed by atoms with Crippen molar-refractivity contribution < 1.29 is 89.4 Å². The summed E-state index contributed by atoms with van der Waals surface area (Å²) >= 11 is 0. The molecule has 264 valence electrons. The molecule has 4 N–H and O–H groups in total. The fourth-order valence-corrected chi connectivity index (χ4v) is 3.03. The van der Waals surface area contributed by atoms with E-state index in [1.54, 1.807) is 24.3 Å². The van der Waals surface area contributed by atoms with Crippen LogP contribution in [0.1, 0.15) is 6.92 Å². The molecule has 0 saturated heterocycles. The number of benzene rings is 1. The highest BCUT2D eigenvalue weighted by Crippen LogP contribution is 2.33. The predicted molar refractivity (Wildman–Crippen MR) is 139 cm³/mol. The van der Waals surface area contributed by atoms with Gasteiger partial charge in [0.25, 0.3) is 0 Å².